The summed E-state index contributed by atoms with van der Waals surface area (Å²) in [5, 5.41) is 5.71. The predicted molar refractivity (Wildman–Crippen MR) is 141 cm³/mol. The third-order valence-corrected chi connectivity index (χ3v) is 8.04. The maximum absolute atomic E-state index is 13.4. The first kappa shape index (κ1) is 25.5. The number of ketones is 1. The van der Waals surface area contributed by atoms with Gasteiger partial charge in [-0.1, -0.05) is 0 Å². The van der Waals surface area contributed by atoms with Gasteiger partial charge in [0.1, 0.15) is 0 Å². The van der Waals surface area contributed by atoms with Crippen molar-refractivity contribution in [1.29, 1.82) is 0 Å². The minimum absolute atomic E-state index is 0.0350. The Bertz CT molecular complexity index is 1260. The molecule has 9 heteroatoms. The predicted octanol–water partition coefficient (Wildman–Crippen LogP) is 3.00. The molecule has 2 amide bonds. The lowest BCUT2D eigenvalue weighted by Gasteiger charge is -2.43. The molecule has 5 rings (SSSR count). The molecule has 1 aromatic carbocycles. The number of hydrazine groups is 1. The van der Waals surface area contributed by atoms with Crippen LogP contribution in [-0.4, -0.2) is 77.9 Å². The van der Waals surface area contributed by atoms with Crippen LogP contribution in [0.5, 0.6) is 0 Å². The zero-order chi connectivity index (χ0) is 26.4. The number of nitrogens with zero attached hydrogens (tertiary/aromatic N) is 2. The summed E-state index contributed by atoms with van der Waals surface area (Å²) in [7, 11) is 1.59. The molecule has 0 unspecified atom stereocenters. The van der Waals surface area contributed by atoms with Gasteiger partial charge in [-0.3, -0.25) is 14.4 Å². The molecular weight excluding hydrogens is 470 g/mol. The number of hydrogen-bond acceptors (Lipinski definition) is 6. The lowest BCUT2D eigenvalue weighted by molar-refractivity contribution is -0.120. The molecular formula is C28H37N5O4. The number of carbonyl (C=O) groups is 3. The first-order valence-electron chi connectivity index (χ1n) is 13.1. The highest BCUT2D eigenvalue weighted by Crippen LogP contribution is 2.47. The van der Waals surface area contributed by atoms with E-state index in [0.717, 1.165) is 42.4 Å². The Labute approximate surface area is 217 Å². The number of allylic oxidation sites excluding steroid dienone is 1. The number of piperidine rings is 1. The molecule has 0 bridgehead atoms. The smallest absolute Gasteiger partial charge is 0.253 e. The van der Waals surface area contributed by atoms with E-state index in [4.69, 9.17) is 4.74 Å². The van der Waals surface area contributed by atoms with Crippen LogP contribution in [0, 0.1) is 5.41 Å². The van der Waals surface area contributed by atoms with E-state index in [9.17, 15) is 14.4 Å². The summed E-state index contributed by atoms with van der Waals surface area (Å²) in [6, 6.07) is 5.46. The minimum atomic E-state index is -0.199. The normalized spacial score (nSPS) is 19.9. The number of aromatic amines is 1. The van der Waals surface area contributed by atoms with Crippen molar-refractivity contribution >= 4 is 28.5 Å². The number of ether oxygens (including phenoxy) is 1. The molecule has 198 valence electrons. The van der Waals surface area contributed by atoms with Crippen LogP contribution in [0.25, 0.3) is 10.9 Å². The van der Waals surface area contributed by atoms with E-state index in [1.165, 1.54) is 5.57 Å². The fraction of sp³-hybridized carbons (Fsp3) is 0.536. The number of Topliss-reactive ketones (excluding diaryl/α,β-unsaturated/α-hetero) is 1. The Morgan fingerprint density at radius 1 is 1.16 bits per heavy atom. The summed E-state index contributed by atoms with van der Waals surface area (Å²) in [6.45, 7) is 9.30. The van der Waals surface area contributed by atoms with Gasteiger partial charge < -0.3 is 25.4 Å². The maximum atomic E-state index is 13.4. The second-order valence-corrected chi connectivity index (χ2v) is 11.6. The van der Waals surface area contributed by atoms with Crippen molar-refractivity contribution in [2.45, 2.75) is 52.0 Å². The first-order valence-corrected chi connectivity index (χ1v) is 13.1. The van der Waals surface area contributed by atoms with E-state index in [1.807, 2.05) is 17.0 Å². The molecule has 2 aliphatic heterocycles. The van der Waals surface area contributed by atoms with Crippen LogP contribution in [0.3, 0.4) is 0 Å². The monoisotopic (exact) mass is 507 g/mol. The lowest BCUT2D eigenvalue weighted by atomic mass is 9.67. The third-order valence-electron chi connectivity index (χ3n) is 8.04. The molecule has 0 saturated carbocycles. The summed E-state index contributed by atoms with van der Waals surface area (Å²) in [5.41, 5.74) is 7.11. The van der Waals surface area contributed by atoms with Gasteiger partial charge in [0, 0.05) is 67.9 Å². The highest BCUT2D eigenvalue weighted by atomic mass is 16.5. The van der Waals surface area contributed by atoms with Gasteiger partial charge in [-0.2, -0.15) is 0 Å². The Morgan fingerprint density at radius 3 is 2.62 bits per heavy atom. The summed E-state index contributed by atoms with van der Waals surface area (Å²) in [5.74, 6) is -0.0379. The molecule has 3 N–H and O–H groups in total. The highest BCUT2D eigenvalue weighted by molar-refractivity contribution is 6.09. The van der Waals surface area contributed by atoms with Crippen LogP contribution < -0.4 is 10.7 Å². The SMILES string of the molecule is COCCNC(=O)c1c[nH]c2ccc(C(=O)N3CCC4(CC3)CC(=O)C3=C(CN(C(C)(C)C)N3)C4)cc12. The van der Waals surface area contributed by atoms with Crippen molar-refractivity contribution in [3.63, 3.8) is 0 Å². The number of likely N-dealkylation sites (tertiary alicyclic amines) is 1. The van der Waals surface area contributed by atoms with Crippen molar-refractivity contribution < 1.29 is 19.1 Å². The fourth-order valence-corrected chi connectivity index (χ4v) is 5.80. The fourth-order valence-electron chi connectivity index (χ4n) is 5.80. The Kier molecular flexibility index (Phi) is 6.62. The van der Waals surface area contributed by atoms with Crippen molar-refractivity contribution in [1.82, 2.24) is 25.6 Å². The number of carbonyl (C=O) groups excluding carboxylic acids is 3. The van der Waals surface area contributed by atoms with Crippen molar-refractivity contribution in [3.05, 3.63) is 46.8 Å². The highest BCUT2D eigenvalue weighted by Gasteiger charge is 2.46. The zero-order valence-electron chi connectivity index (χ0n) is 22.2. The molecule has 0 radical (unpaired) electrons. The number of amides is 2. The van der Waals surface area contributed by atoms with Gasteiger partial charge in [0.25, 0.3) is 11.8 Å². The number of H-pyrrole nitrogens is 1. The third kappa shape index (κ3) is 4.90. The van der Waals surface area contributed by atoms with Crippen LogP contribution in [0.1, 0.15) is 67.2 Å². The number of fused-ring (bicyclic) bond motifs is 1. The number of hydrogen-bond donors (Lipinski definition) is 3. The van der Waals surface area contributed by atoms with E-state index >= 15 is 0 Å². The molecule has 0 atom stereocenters. The maximum Gasteiger partial charge on any atom is 0.253 e. The second-order valence-electron chi connectivity index (χ2n) is 11.6. The second kappa shape index (κ2) is 9.61. The van der Waals surface area contributed by atoms with Crippen molar-refractivity contribution in [2.24, 2.45) is 5.41 Å². The average molecular weight is 508 g/mol. The summed E-state index contributed by atoms with van der Waals surface area (Å²) < 4.78 is 5.00. The molecule has 1 aliphatic carbocycles. The summed E-state index contributed by atoms with van der Waals surface area (Å²) >= 11 is 0. The largest absolute Gasteiger partial charge is 0.383 e. The number of aromatic nitrogens is 1. The Morgan fingerprint density at radius 2 is 1.92 bits per heavy atom. The van der Waals surface area contributed by atoms with Crippen molar-refractivity contribution in [2.75, 3.05) is 39.9 Å². The van der Waals surface area contributed by atoms with E-state index in [1.54, 1.807) is 19.4 Å². The summed E-state index contributed by atoms with van der Waals surface area (Å²) in [6.07, 6.45) is 4.75. The van der Waals surface area contributed by atoms with Gasteiger partial charge in [0.15, 0.2) is 5.78 Å². The zero-order valence-corrected chi connectivity index (χ0v) is 22.2. The first-order chi connectivity index (χ1) is 17.6. The van der Waals surface area contributed by atoms with Gasteiger partial charge >= 0.3 is 0 Å². The Hall–Kier alpha value is -3.17. The van der Waals surface area contributed by atoms with Crippen LogP contribution >= 0.6 is 0 Å². The quantitative estimate of drug-likeness (QED) is 0.537. The molecule has 1 saturated heterocycles. The molecule has 2 aromatic rings. The van der Waals surface area contributed by atoms with Crippen LogP contribution in [-0.2, 0) is 9.53 Å². The van der Waals surface area contributed by atoms with E-state index < -0.39 is 0 Å². The van der Waals surface area contributed by atoms with Gasteiger partial charge in [0.2, 0.25) is 0 Å². The van der Waals surface area contributed by atoms with E-state index in [2.05, 4.69) is 41.5 Å². The van der Waals surface area contributed by atoms with Gasteiger partial charge in [-0.25, -0.2) is 5.01 Å². The Balaban J connectivity index is 1.26. The average Bonchev–Trinajstić information content (AvgIpc) is 3.48. The molecule has 9 nitrogen and oxygen atoms in total. The van der Waals surface area contributed by atoms with Crippen LogP contribution in [0.4, 0.5) is 0 Å². The standard InChI is InChI=1S/C28H37N5O4/c1-27(2,3)33-17-19-14-28(15-23(34)24(19)31-33)7-10-32(11-8-28)26(36)18-5-6-22-20(13-18)21(16-30-22)25(35)29-9-12-37-4/h5-6,13,16,30-31H,7-12,14-15,17H2,1-4H3,(H,29,35). The topological polar surface area (TPSA) is 107 Å². The molecule has 3 aliphatic rings. The van der Waals surface area contributed by atoms with Gasteiger partial charge in [0.05, 0.1) is 17.9 Å². The molecule has 37 heavy (non-hydrogen) atoms. The summed E-state index contributed by atoms with van der Waals surface area (Å²) in [4.78, 5) is 44.1. The number of methoxy groups -OCH3 is 1. The van der Waals surface area contributed by atoms with E-state index in [-0.39, 0.29) is 28.6 Å². The number of benzene rings is 1. The molecule has 1 spiro atoms. The lowest BCUT2D eigenvalue weighted by Crippen LogP contribution is -2.47. The van der Waals surface area contributed by atoms with E-state index in [0.29, 0.717) is 43.8 Å². The van der Waals surface area contributed by atoms with Crippen LogP contribution in [0.15, 0.2) is 35.7 Å². The van der Waals surface area contributed by atoms with Gasteiger partial charge in [-0.15, -0.1) is 0 Å². The van der Waals surface area contributed by atoms with Crippen molar-refractivity contribution in [3.8, 4) is 0 Å². The molecule has 3 heterocycles. The molecule has 1 fully saturated rings. The van der Waals surface area contributed by atoms with Crippen LogP contribution in [0.2, 0.25) is 0 Å². The number of rotatable bonds is 5. The minimum Gasteiger partial charge on any atom is -0.383 e. The van der Waals surface area contributed by atoms with Gasteiger partial charge in [-0.05, 0) is 69.2 Å². The number of nitrogens with one attached hydrogen (secondary N) is 3. The molecule has 1 aromatic heterocycles.